The average molecular weight is 508 g/mol. The molecule has 0 aliphatic carbocycles. The Morgan fingerprint density at radius 2 is 1.85 bits per heavy atom. The zero-order valence-corrected chi connectivity index (χ0v) is 18.5. The van der Waals surface area contributed by atoms with E-state index in [1.54, 1.807) is 24.5 Å². The number of hydrogen-bond acceptors (Lipinski definition) is 9. The van der Waals surface area contributed by atoms with Gasteiger partial charge < -0.3 is 4.18 Å². The molecule has 0 saturated carbocycles. The Balaban J connectivity index is 1.88. The van der Waals surface area contributed by atoms with Gasteiger partial charge in [0.05, 0.1) is 5.52 Å². The number of benzene rings is 1. The Bertz CT molecular complexity index is 1750. The number of hydrogen-bond donors (Lipinski definition) is 0. The highest BCUT2D eigenvalue weighted by atomic mass is 32.2. The molecule has 1 aromatic carbocycles. The molecule has 15 heteroatoms. The molecule has 0 radical (unpaired) electrons. The smallest absolute Gasteiger partial charge is 0.376 e. The minimum Gasteiger partial charge on any atom is -0.376 e. The molecule has 0 bridgehead atoms. The van der Waals surface area contributed by atoms with Gasteiger partial charge in [0.15, 0.2) is 22.3 Å². The van der Waals surface area contributed by atoms with Crippen LogP contribution in [0.4, 0.5) is 13.2 Å². The van der Waals surface area contributed by atoms with Crippen molar-refractivity contribution in [1.29, 1.82) is 0 Å². The molecule has 0 unspecified atom stereocenters. The molecule has 4 aromatic heterocycles. The van der Waals surface area contributed by atoms with Gasteiger partial charge >= 0.3 is 15.6 Å². The number of halogens is 3. The molecule has 5 rings (SSSR count). The Morgan fingerprint density at radius 1 is 1.06 bits per heavy atom. The lowest BCUT2D eigenvalue weighted by Crippen LogP contribution is -2.28. The van der Waals surface area contributed by atoms with Crippen molar-refractivity contribution >= 4 is 49.5 Å². The Labute approximate surface area is 192 Å². The van der Waals surface area contributed by atoms with Crippen LogP contribution in [-0.4, -0.2) is 49.3 Å². The Hall–Kier alpha value is -3.72. The topological polar surface area (TPSA) is 121 Å². The SMILES string of the molecule is CSc1ncc2c(=O)n3c(nc2n1)c1cc(OS(=O)(=O)C(F)(F)F)ccc1n3-c1ccccn1. The van der Waals surface area contributed by atoms with Gasteiger partial charge in [-0.3, -0.25) is 4.79 Å². The number of pyridine rings is 1. The molecule has 0 amide bonds. The van der Waals surface area contributed by atoms with Gasteiger partial charge in [-0.2, -0.15) is 26.1 Å². The van der Waals surface area contributed by atoms with Crippen LogP contribution < -0.4 is 9.74 Å². The van der Waals surface area contributed by atoms with E-state index in [-0.39, 0.29) is 22.1 Å². The molecule has 0 spiro atoms. The quantitative estimate of drug-likeness (QED) is 0.156. The summed E-state index contributed by atoms with van der Waals surface area (Å²) in [5.41, 5.74) is -5.77. The first kappa shape index (κ1) is 22.1. The highest BCUT2D eigenvalue weighted by Gasteiger charge is 2.48. The van der Waals surface area contributed by atoms with Crippen molar-refractivity contribution in [3.8, 4) is 11.6 Å². The fourth-order valence-corrected chi connectivity index (χ4v) is 4.11. The number of thioether (sulfide) groups is 1. The molecule has 0 fully saturated rings. The minimum absolute atomic E-state index is 0.0127. The van der Waals surface area contributed by atoms with Gasteiger partial charge in [-0.05, 0) is 36.6 Å². The van der Waals surface area contributed by atoms with Crippen LogP contribution in [0, 0.1) is 0 Å². The summed E-state index contributed by atoms with van der Waals surface area (Å²) < 4.78 is 68.3. The zero-order chi connectivity index (χ0) is 24.3. The van der Waals surface area contributed by atoms with Crippen molar-refractivity contribution in [3.05, 3.63) is 59.1 Å². The van der Waals surface area contributed by atoms with Crippen molar-refractivity contribution < 1.29 is 25.8 Å². The van der Waals surface area contributed by atoms with Gasteiger partial charge in [0.2, 0.25) is 0 Å². The van der Waals surface area contributed by atoms with E-state index in [1.165, 1.54) is 39.4 Å². The molecule has 0 aliphatic rings. The van der Waals surface area contributed by atoms with E-state index in [0.717, 1.165) is 12.1 Å². The van der Waals surface area contributed by atoms with E-state index in [9.17, 15) is 26.4 Å². The molecule has 34 heavy (non-hydrogen) atoms. The predicted octanol–water partition coefficient (Wildman–Crippen LogP) is 2.93. The maximum absolute atomic E-state index is 13.4. The average Bonchev–Trinajstić information content (AvgIpc) is 3.12. The second kappa shape index (κ2) is 7.66. The number of fused-ring (bicyclic) bond motifs is 4. The first-order valence-corrected chi connectivity index (χ1v) is 11.9. The first-order chi connectivity index (χ1) is 16.1. The zero-order valence-electron chi connectivity index (χ0n) is 16.9. The van der Waals surface area contributed by atoms with E-state index >= 15 is 0 Å². The van der Waals surface area contributed by atoms with Crippen LogP contribution in [0.5, 0.6) is 5.75 Å². The van der Waals surface area contributed by atoms with E-state index in [1.807, 2.05) is 0 Å². The van der Waals surface area contributed by atoms with Crippen molar-refractivity contribution in [1.82, 2.24) is 29.1 Å². The first-order valence-electron chi connectivity index (χ1n) is 9.31. The van der Waals surface area contributed by atoms with Crippen LogP contribution in [0.2, 0.25) is 0 Å². The third kappa shape index (κ3) is 3.43. The lowest BCUT2D eigenvalue weighted by atomic mass is 10.2. The number of rotatable bonds is 4. The third-order valence-corrected chi connectivity index (χ3v) is 6.30. The summed E-state index contributed by atoms with van der Waals surface area (Å²) >= 11 is 1.23. The molecule has 0 N–H and O–H groups in total. The van der Waals surface area contributed by atoms with E-state index in [0.29, 0.717) is 16.5 Å². The standard InChI is InChI=1S/C19H11F3N6O4S2/c1-33-18-24-9-12-15(26-18)25-16-11-8-10(32-34(30,31)19(20,21)22)5-6-13(11)27(28(16)17(12)29)14-4-2-3-7-23-14/h2-9H,1H3. The van der Waals surface area contributed by atoms with Gasteiger partial charge in [0.1, 0.15) is 11.1 Å². The highest BCUT2D eigenvalue weighted by molar-refractivity contribution is 7.98. The predicted molar refractivity (Wildman–Crippen MR) is 117 cm³/mol. The number of nitrogens with zero attached hydrogens (tertiary/aromatic N) is 6. The number of alkyl halides is 3. The van der Waals surface area contributed by atoms with Crippen LogP contribution in [0.3, 0.4) is 0 Å². The van der Waals surface area contributed by atoms with Crippen molar-refractivity contribution in [2.45, 2.75) is 10.7 Å². The summed E-state index contributed by atoms with van der Waals surface area (Å²) in [6.07, 6.45) is 4.57. The number of aromatic nitrogens is 6. The van der Waals surface area contributed by atoms with Crippen LogP contribution >= 0.6 is 11.8 Å². The molecule has 0 aliphatic heterocycles. The lowest BCUT2D eigenvalue weighted by Gasteiger charge is -2.09. The summed E-state index contributed by atoms with van der Waals surface area (Å²) in [6.45, 7) is 0. The van der Waals surface area contributed by atoms with E-state index in [2.05, 4.69) is 24.1 Å². The van der Waals surface area contributed by atoms with Gasteiger partial charge in [0, 0.05) is 17.8 Å². The Kier molecular flexibility index (Phi) is 4.98. The summed E-state index contributed by atoms with van der Waals surface area (Å²) in [7, 11) is -5.90. The van der Waals surface area contributed by atoms with Gasteiger partial charge in [-0.25, -0.2) is 24.6 Å². The van der Waals surface area contributed by atoms with Crippen LogP contribution in [0.25, 0.3) is 33.4 Å². The Morgan fingerprint density at radius 3 is 2.53 bits per heavy atom. The second-order valence-corrected chi connectivity index (χ2v) is 9.12. The minimum atomic E-state index is -5.90. The molecule has 5 aromatic rings. The summed E-state index contributed by atoms with van der Waals surface area (Å²) in [5, 5.41) is 0.604. The largest absolute Gasteiger partial charge is 0.534 e. The molecule has 10 nitrogen and oxygen atoms in total. The molecule has 0 saturated heterocycles. The van der Waals surface area contributed by atoms with Gasteiger partial charge in [0.25, 0.3) is 5.56 Å². The van der Waals surface area contributed by atoms with E-state index < -0.39 is 26.9 Å². The second-order valence-electron chi connectivity index (χ2n) is 6.81. The fraction of sp³-hybridized carbons (Fsp3) is 0.105. The molecule has 0 atom stereocenters. The maximum atomic E-state index is 13.4. The van der Waals surface area contributed by atoms with Gasteiger partial charge in [-0.1, -0.05) is 17.8 Å². The fourth-order valence-electron chi connectivity index (χ4n) is 3.33. The van der Waals surface area contributed by atoms with Crippen LogP contribution in [-0.2, 0) is 10.1 Å². The van der Waals surface area contributed by atoms with Crippen molar-refractivity contribution in [2.24, 2.45) is 0 Å². The third-order valence-electron chi connectivity index (χ3n) is 4.76. The summed E-state index contributed by atoms with van der Waals surface area (Å²) in [4.78, 5) is 30.4. The molecule has 4 heterocycles. The van der Waals surface area contributed by atoms with Crippen molar-refractivity contribution in [3.63, 3.8) is 0 Å². The molecular weight excluding hydrogens is 497 g/mol. The van der Waals surface area contributed by atoms with Crippen molar-refractivity contribution in [2.75, 3.05) is 6.26 Å². The van der Waals surface area contributed by atoms with Crippen LogP contribution in [0.15, 0.2) is 58.7 Å². The monoisotopic (exact) mass is 508 g/mol. The van der Waals surface area contributed by atoms with Gasteiger partial charge in [-0.15, -0.1) is 0 Å². The highest BCUT2D eigenvalue weighted by Crippen LogP contribution is 2.31. The molecule has 174 valence electrons. The maximum Gasteiger partial charge on any atom is 0.534 e. The summed E-state index contributed by atoms with van der Waals surface area (Å²) in [5.74, 6) is -0.295. The van der Waals surface area contributed by atoms with Crippen LogP contribution in [0.1, 0.15) is 0 Å². The normalized spacial score (nSPS) is 12.6. The lowest BCUT2D eigenvalue weighted by molar-refractivity contribution is -0.0500. The van der Waals surface area contributed by atoms with E-state index in [4.69, 9.17) is 0 Å². The molecular formula is C19H11F3N6O4S2. The summed E-state index contributed by atoms with van der Waals surface area (Å²) in [6, 6.07) is 8.37.